The molecule has 1 atom stereocenters. The summed E-state index contributed by atoms with van der Waals surface area (Å²) in [4.78, 5) is 49.9. The molecule has 170 valence electrons. The highest BCUT2D eigenvalue weighted by Crippen LogP contribution is 2.28. The maximum atomic E-state index is 12.8. The minimum absolute atomic E-state index is 0.0367. The second kappa shape index (κ2) is 8.27. The van der Waals surface area contributed by atoms with E-state index in [9.17, 15) is 27.6 Å². The molecule has 0 bridgehead atoms. The molecule has 0 aliphatic carbocycles. The van der Waals surface area contributed by atoms with E-state index in [4.69, 9.17) is 0 Å². The maximum absolute atomic E-state index is 12.8. The molecule has 2 N–H and O–H groups in total. The Labute approximate surface area is 189 Å². The van der Waals surface area contributed by atoms with Crippen LogP contribution in [0.2, 0.25) is 0 Å². The summed E-state index contributed by atoms with van der Waals surface area (Å²) < 4.78 is 28.6. The highest BCUT2D eigenvalue weighted by molar-refractivity contribution is 7.89. The quantitative estimate of drug-likeness (QED) is 0.451. The lowest BCUT2D eigenvalue weighted by Crippen LogP contribution is -2.54. The van der Waals surface area contributed by atoms with E-state index < -0.39 is 39.7 Å². The zero-order valence-corrected chi connectivity index (χ0v) is 18.5. The highest BCUT2D eigenvalue weighted by atomic mass is 32.2. The number of nitrogens with one attached hydrogen (secondary N) is 2. The topological polar surface area (TPSA) is 148 Å². The summed E-state index contributed by atoms with van der Waals surface area (Å²) in [5, 5.41) is 6.05. The first-order chi connectivity index (χ1) is 15.6. The largest absolute Gasteiger partial charge is 0.295 e. The Morgan fingerprint density at radius 3 is 2.58 bits per heavy atom. The van der Waals surface area contributed by atoms with Crippen molar-refractivity contribution < 1.29 is 27.6 Å². The van der Waals surface area contributed by atoms with Gasteiger partial charge >= 0.3 is 0 Å². The number of imide groups is 2. The summed E-state index contributed by atoms with van der Waals surface area (Å²) in [6, 6.07) is 3.35. The third kappa shape index (κ3) is 4.04. The van der Waals surface area contributed by atoms with Gasteiger partial charge in [-0.15, -0.1) is 0 Å². The molecule has 2 aliphatic heterocycles. The third-order valence-corrected chi connectivity index (χ3v) is 7.01. The van der Waals surface area contributed by atoms with E-state index >= 15 is 0 Å². The molecule has 2 aromatic rings. The number of amides is 4. The van der Waals surface area contributed by atoms with E-state index in [0.29, 0.717) is 11.3 Å². The Morgan fingerprint density at radius 1 is 1.18 bits per heavy atom. The first-order valence-electron chi connectivity index (χ1n) is 9.93. The van der Waals surface area contributed by atoms with Crippen molar-refractivity contribution in [2.24, 2.45) is 7.05 Å². The van der Waals surface area contributed by atoms with E-state index in [1.807, 2.05) is 0 Å². The molecule has 1 unspecified atom stereocenters. The lowest BCUT2D eigenvalue weighted by atomic mass is 10.0. The van der Waals surface area contributed by atoms with Gasteiger partial charge in [0.25, 0.3) is 11.8 Å². The second-order valence-electron chi connectivity index (χ2n) is 7.55. The van der Waals surface area contributed by atoms with Crippen molar-refractivity contribution in [3.63, 3.8) is 0 Å². The van der Waals surface area contributed by atoms with Gasteiger partial charge in [0.1, 0.15) is 10.9 Å². The fourth-order valence-electron chi connectivity index (χ4n) is 3.65. The molecule has 0 spiro atoms. The van der Waals surface area contributed by atoms with Crippen molar-refractivity contribution in [1.82, 2.24) is 24.7 Å². The summed E-state index contributed by atoms with van der Waals surface area (Å²) in [6.07, 6.45) is 1.36. The number of aryl methyl sites for hydroxylation is 1. The molecule has 2 aliphatic rings. The SMILES string of the molecule is Cc1c(S(=O)(=O)NCC#Cc2ccc3c(c2)C(=O)N(C2CCC(=O)NC2=O)C3=O)cnn1C. The predicted molar refractivity (Wildman–Crippen MR) is 113 cm³/mol. The van der Waals surface area contributed by atoms with Crippen LogP contribution in [0.1, 0.15) is 44.8 Å². The molecule has 11 nitrogen and oxygen atoms in total. The Balaban J connectivity index is 1.48. The number of carbonyl (C=O) groups is 4. The van der Waals surface area contributed by atoms with Gasteiger partial charge in [0.05, 0.1) is 29.6 Å². The van der Waals surface area contributed by atoms with Crippen molar-refractivity contribution in [3.05, 3.63) is 46.8 Å². The Morgan fingerprint density at radius 2 is 1.91 bits per heavy atom. The lowest BCUT2D eigenvalue weighted by Gasteiger charge is -2.27. The zero-order valence-electron chi connectivity index (χ0n) is 17.7. The number of sulfonamides is 1. The number of rotatable bonds is 4. The molecule has 33 heavy (non-hydrogen) atoms. The highest BCUT2D eigenvalue weighted by Gasteiger charge is 2.44. The molecule has 1 aromatic carbocycles. The lowest BCUT2D eigenvalue weighted by molar-refractivity contribution is -0.136. The van der Waals surface area contributed by atoms with Gasteiger partial charge in [-0.05, 0) is 31.5 Å². The minimum Gasteiger partial charge on any atom is -0.295 e. The molecule has 1 fully saturated rings. The minimum atomic E-state index is -3.78. The Hall–Kier alpha value is -3.82. The first-order valence-corrected chi connectivity index (χ1v) is 11.4. The maximum Gasteiger partial charge on any atom is 0.262 e. The molecule has 3 heterocycles. The number of nitrogens with zero attached hydrogens (tertiary/aromatic N) is 3. The summed E-state index contributed by atoms with van der Waals surface area (Å²) in [7, 11) is -2.15. The molecule has 12 heteroatoms. The van der Waals surface area contributed by atoms with Crippen molar-refractivity contribution in [2.75, 3.05) is 6.54 Å². The molecule has 1 aromatic heterocycles. The number of hydrogen-bond donors (Lipinski definition) is 2. The zero-order chi connectivity index (χ0) is 23.9. The normalized spacial score (nSPS) is 18.1. The summed E-state index contributed by atoms with van der Waals surface area (Å²) >= 11 is 0. The van der Waals surface area contributed by atoms with Crippen LogP contribution in [0.4, 0.5) is 0 Å². The average Bonchev–Trinajstić information content (AvgIpc) is 3.23. The monoisotopic (exact) mass is 469 g/mol. The van der Waals surface area contributed by atoms with Crippen LogP contribution in [-0.2, 0) is 26.7 Å². The molecule has 0 saturated carbocycles. The van der Waals surface area contributed by atoms with E-state index in [-0.39, 0.29) is 35.4 Å². The van der Waals surface area contributed by atoms with Crippen molar-refractivity contribution in [2.45, 2.75) is 30.7 Å². The van der Waals surface area contributed by atoms with Crippen molar-refractivity contribution in [1.29, 1.82) is 0 Å². The average molecular weight is 469 g/mol. The van der Waals surface area contributed by atoms with Crippen LogP contribution >= 0.6 is 0 Å². The fraction of sp³-hybridized carbons (Fsp3) is 0.286. The van der Waals surface area contributed by atoms with Gasteiger partial charge in [-0.2, -0.15) is 9.82 Å². The van der Waals surface area contributed by atoms with Gasteiger partial charge < -0.3 is 0 Å². The van der Waals surface area contributed by atoms with Gasteiger partial charge in [-0.25, -0.2) is 8.42 Å². The standard InChI is InChI=1S/C21H19N5O6S/c1-12-17(11-22-25(12)2)33(31,32)23-9-3-4-13-5-6-14-15(10-13)21(30)26(20(14)29)16-7-8-18(27)24-19(16)28/h5-6,10-11,16,23H,7-9H2,1-2H3,(H,24,27,28). The molecular formula is C21H19N5O6S. The Kier molecular flexibility index (Phi) is 5.61. The van der Waals surface area contributed by atoms with Crippen LogP contribution in [0.25, 0.3) is 0 Å². The van der Waals surface area contributed by atoms with Crippen LogP contribution in [0.15, 0.2) is 29.3 Å². The summed E-state index contributed by atoms with van der Waals surface area (Å²) in [6.45, 7) is 1.46. The van der Waals surface area contributed by atoms with Gasteiger partial charge in [0.2, 0.25) is 21.8 Å². The van der Waals surface area contributed by atoms with Gasteiger partial charge in [0.15, 0.2) is 0 Å². The number of piperidine rings is 1. The summed E-state index contributed by atoms with van der Waals surface area (Å²) in [5.41, 5.74) is 1.13. The first kappa shape index (κ1) is 22.4. The van der Waals surface area contributed by atoms with Crippen LogP contribution < -0.4 is 10.0 Å². The second-order valence-corrected chi connectivity index (χ2v) is 9.29. The number of aromatic nitrogens is 2. The van der Waals surface area contributed by atoms with Gasteiger partial charge in [-0.3, -0.25) is 34.1 Å². The summed E-state index contributed by atoms with van der Waals surface area (Å²) in [5.74, 6) is 3.06. The number of hydrogen-bond acceptors (Lipinski definition) is 7. The smallest absolute Gasteiger partial charge is 0.262 e. The molecule has 1 saturated heterocycles. The molecule has 4 rings (SSSR count). The number of fused-ring (bicyclic) bond motifs is 1. The van der Waals surface area contributed by atoms with E-state index in [2.05, 4.69) is 27.0 Å². The number of carbonyl (C=O) groups excluding carboxylic acids is 4. The fourth-order valence-corrected chi connectivity index (χ4v) is 4.77. The van der Waals surface area contributed by atoms with E-state index in [0.717, 1.165) is 4.90 Å². The predicted octanol–water partition coefficient (Wildman–Crippen LogP) is -0.540. The van der Waals surface area contributed by atoms with Crippen molar-refractivity contribution in [3.8, 4) is 11.8 Å². The van der Waals surface area contributed by atoms with E-state index in [1.54, 1.807) is 14.0 Å². The van der Waals surface area contributed by atoms with Crippen LogP contribution in [0, 0.1) is 18.8 Å². The Bertz CT molecular complexity index is 1380. The molecular weight excluding hydrogens is 450 g/mol. The van der Waals surface area contributed by atoms with Gasteiger partial charge in [0, 0.05) is 19.0 Å². The molecule has 4 amide bonds. The van der Waals surface area contributed by atoms with Crippen molar-refractivity contribution >= 4 is 33.7 Å². The van der Waals surface area contributed by atoms with Crippen LogP contribution in [0.5, 0.6) is 0 Å². The number of benzene rings is 1. The third-order valence-electron chi connectivity index (χ3n) is 5.50. The van der Waals surface area contributed by atoms with E-state index in [1.165, 1.54) is 29.1 Å². The van der Waals surface area contributed by atoms with Gasteiger partial charge in [-0.1, -0.05) is 11.8 Å². The van der Waals surface area contributed by atoms with Crippen LogP contribution in [-0.4, -0.2) is 59.3 Å². The van der Waals surface area contributed by atoms with Crippen LogP contribution in [0.3, 0.4) is 0 Å². The molecule has 0 radical (unpaired) electrons.